The average molecular weight is 309 g/mol. The second-order valence-corrected chi connectivity index (χ2v) is 4.45. The van der Waals surface area contributed by atoms with Gasteiger partial charge in [-0.15, -0.1) is 0 Å². The number of alkyl halides is 2. The fourth-order valence-corrected chi connectivity index (χ4v) is 1.57. The SMILES string of the molecule is CCOC(=O)[C@@](F)(Br)[C@H](O)c1ccc(F)cc1. The molecule has 94 valence electrons. The number of rotatable bonds is 4. The number of halogens is 3. The van der Waals surface area contributed by atoms with E-state index in [9.17, 15) is 18.7 Å². The predicted octanol–water partition coefficient (Wildman–Crippen LogP) is 2.48. The van der Waals surface area contributed by atoms with Gasteiger partial charge in [-0.25, -0.2) is 13.6 Å². The largest absolute Gasteiger partial charge is 0.463 e. The van der Waals surface area contributed by atoms with Crippen molar-refractivity contribution in [3.8, 4) is 0 Å². The molecule has 0 saturated heterocycles. The standard InChI is InChI=1S/C11H11BrF2O3/c1-2-17-10(16)11(12,14)9(15)7-3-5-8(13)6-4-7/h3-6,9,15H,2H2,1H3/t9-,11-/m1/s1. The molecule has 0 amide bonds. The lowest BCUT2D eigenvalue weighted by molar-refractivity contribution is -0.156. The first kappa shape index (κ1) is 14.1. The molecule has 3 nitrogen and oxygen atoms in total. The maximum Gasteiger partial charge on any atom is 0.358 e. The molecule has 0 spiro atoms. The molecule has 0 bridgehead atoms. The molecule has 17 heavy (non-hydrogen) atoms. The summed E-state index contributed by atoms with van der Waals surface area (Å²) in [6, 6.07) is 4.50. The highest BCUT2D eigenvalue weighted by molar-refractivity contribution is 9.10. The van der Waals surface area contributed by atoms with Crippen LogP contribution in [0.25, 0.3) is 0 Å². The first-order valence-corrected chi connectivity index (χ1v) is 5.67. The highest BCUT2D eigenvalue weighted by Gasteiger charge is 2.45. The van der Waals surface area contributed by atoms with E-state index >= 15 is 0 Å². The van der Waals surface area contributed by atoms with Crippen molar-refractivity contribution < 1.29 is 23.4 Å². The molecule has 0 radical (unpaired) electrons. The van der Waals surface area contributed by atoms with Gasteiger partial charge in [-0.05, 0) is 40.5 Å². The first-order valence-electron chi connectivity index (χ1n) is 4.88. The van der Waals surface area contributed by atoms with Crippen LogP contribution in [0.15, 0.2) is 24.3 Å². The Bertz CT molecular complexity index is 392. The summed E-state index contributed by atoms with van der Waals surface area (Å²) < 4.78 is 28.3. The van der Waals surface area contributed by atoms with Gasteiger partial charge in [0, 0.05) is 0 Å². The van der Waals surface area contributed by atoms with Crippen molar-refractivity contribution in [3.05, 3.63) is 35.6 Å². The molecule has 0 aromatic heterocycles. The van der Waals surface area contributed by atoms with Crippen molar-refractivity contribution in [3.63, 3.8) is 0 Å². The smallest absolute Gasteiger partial charge is 0.358 e. The molecule has 1 aromatic rings. The predicted molar refractivity (Wildman–Crippen MR) is 60.8 cm³/mol. The fraction of sp³-hybridized carbons (Fsp3) is 0.364. The van der Waals surface area contributed by atoms with Crippen molar-refractivity contribution in [2.45, 2.75) is 17.6 Å². The van der Waals surface area contributed by atoms with Crippen molar-refractivity contribution in [2.24, 2.45) is 0 Å². The van der Waals surface area contributed by atoms with Crippen LogP contribution in [-0.4, -0.2) is 22.3 Å². The number of carbonyl (C=O) groups excluding carboxylic acids is 1. The number of carbonyl (C=O) groups is 1. The molecule has 0 heterocycles. The van der Waals surface area contributed by atoms with E-state index in [-0.39, 0.29) is 12.2 Å². The highest BCUT2D eigenvalue weighted by Crippen LogP contribution is 2.36. The zero-order valence-corrected chi connectivity index (χ0v) is 10.6. The average Bonchev–Trinajstić information content (AvgIpc) is 2.29. The van der Waals surface area contributed by atoms with Crippen LogP contribution in [0.4, 0.5) is 8.78 Å². The molecule has 0 aliphatic rings. The van der Waals surface area contributed by atoms with E-state index in [0.717, 1.165) is 12.1 Å². The van der Waals surface area contributed by atoms with Crippen LogP contribution >= 0.6 is 15.9 Å². The summed E-state index contributed by atoms with van der Waals surface area (Å²) in [6.45, 7) is 1.51. The Kier molecular flexibility index (Phi) is 4.59. The quantitative estimate of drug-likeness (QED) is 0.686. The Morgan fingerprint density at radius 3 is 2.53 bits per heavy atom. The summed E-state index contributed by atoms with van der Waals surface area (Å²) in [5.74, 6) is -1.74. The van der Waals surface area contributed by atoms with E-state index in [2.05, 4.69) is 20.7 Å². The van der Waals surface area contributed by atoms with Gasteiger partial charge in [0.15, 0.2) is 0 Å². The zero-order chi connectivity index (χ0) is 13.1. The van der Waals surface area contributed by atoms with Crippen LogP contribution in [0.5, 0.6) is 0 Å². The lowest BCUT2D eigenvalue weighted by atomic mass is 10.1. The summed E-state index contributed by atoms with van der Waals surface area (Å²) in [5.41, 5.74) is 0.0684. The molecule has 1 N–H and O–H groups in total. The van der Waals surface area contributed by atoms with Gasteiger partial charge in [0.25, 0.3) is 4.58 Å². The van der Waals surface area contributed by atoms with Crippen LogP contribution in [0, 0.1) is 5.82 Å². The maximum absolute atomic E-state index is 13.9. The monoisotopic (exact) mass is 308 g/mol. The molecule has 0 unspecified atom stereocenters. The van der Waals surface area contributed by atoms with Crippen LogP contribution in [0.1, 0.15) is 18.6 Å². The maximum atomic E-state index is 13.9. The van der Waals surface area contributed by atoms with Crippen LogP contribution in [-0.2, 0) is 9.53 Å². The van der Waals surface area contributed by atoms with Crippen LogP contribution in [0.2, 0.25) is 0 Å². The number of aliphatic hydroxyl groups excluding tert-OH is 1. The van der Waals surface area contributed by atoms with E-state index in [0.29, 0.717) is 0 Å². The normalized spacial score (nSPS) is 16.1. The molecule has 0 saturated carbocycles. The van der Waals surface area contributed by atoms with E-state index in [4.69, 9.17) is 0 Å². The Labute approximate surface area is 106 Å². The van der Waals surface area contributed by atoms with Crippen LogP contribution in [0.3, 0.4) is 0 Å². The summed E-state index contributed by atoms with van der Waals surface area (Å²) in [5, 5.41) is 9.69. The number of aliphatic hydroxyl groups is 1. The Balaban J connectivity index is 2.91. The van der Waals surface area contributed by atoms with Gasteiger partial charge in [-0.2, -0.15) is 0 Å². The van der Waals surface area contributed by atoms with Crippen molar-refractivity contribution in [1.82, 2.24) is 0 Å². The van der Waals surface area contributed by atoms with Gasteiger partial charge in [-0.1, -0.05) is 12.1 Å². The minimum absolute atomic E-state index is 0.00770. The summed E-state index contributed by atoms with van der Waals surface area (Å²) >= 11 is 2.48. The minimum Gasteiger partial charge on any atom is -0.463 e. The summed E-state index contributed by atoms with van der Waals surface area (Å²) in [6.07, 6.45) is -1.78. The summed E-state index contributed by atoms with van der Waals surface area (Å²) in [7, 11) is 0. The fourth-order valence-electron chi connectivity index (χ4n) is 1.19. The van der Waals surface area contributed by atoms with Gasteiger partial charge in [0.05, 0.1) is 6.61 Å². The van der Waals surface area contributed by atoms with Crippen LogP contribution < -0.4 is 0 Å². The lowest BCUT2D eigenvalue weighted by Gasteiger charge is -2.22. The van der Waals surface area contributed by atoms with Crippen molar-refractivity contribution >= 4 is 21.9 Å². The second kappa shape index (κ2) is 5.55. The molecular formula is C11H11BrF2O3. The molecule has 0 aliphatic heterocycles. The number of ether oxygens (including phenoxy) is 1. The molecule has 0 fully saturated rings. The van der Waals surface area contributed by atoms with E-state index in [1.807, 2.05) is 0 Å². The van der Waals surface area contributed by atoms with Crippen molar-refractivity contribution in [2.75, 3.05) is 6.61 Å². The van der Waals surface area contributed by atoms with Gasteiger partial charge in [-0.3, -0.25) is 0 Å². The zero-order valence-electron chi connectivity index (χ0n) is 8.99. The van der Waals surface area contributed by atoms with E-state index < -0.39 is 22.5 Å². The third-order valence-corrected chi connectivity index (χ3v) is 2.83. The Hall–Kier alpha value is -1.01. The molecule has 1 aromatic carbocycles. The van der Waals surface area contributed by atoms with E-state index in [1.165, 1.54) is 19.1 Å². The Morgan fingerprint density at radius 2 is 2.06 bits per heavy atom. The number of esters is 1. The second-order valence-electron chi connectivity index (χ2n) is 3.30. The van der Waals surface area contributed by atoms with Gasteiger partial charge in [0.1, 0.15) is 11.9 Å². The molecule has 6 heteroatoms. The minimum atomic E-state index is -2.75. The van der Waals surface area contributed by atoms with Gasteiger partial charge >= 0.3 is 5.97 Å². The number of hydrogen-bond acceptors (Lipinski definition) is 3. The number of benzene rings is 1. The van der Waals surface area contributed by atoms with Gasteiger partial charge < -0.3 is 9.84 Å². The van der Waals surface area contributed by atoms with Crippen molar-refractivity contribution in [1.29, 1.82) is 0 Å². The third kappa shape index (κ3) is 3.23. The molecule has 1 rings (SSSR count). The van der Waals surface area contributed by atoms with Gasteiger partial charge in [0.2, 0.25) is 0 Å². The van der Waals surface area contributed by atoms with E-state index in [1.54, 1.807) is 0 Å². The third-order valence-electron chi connectivity index (χ3n) is 2.08. The highest BCUT2D eigenvalue weighted by atomic mass is 79.9. The first-order chi connectivity index (χ1) is 7.89. The lowest BCUT2D eigenvalue weighted by Crippen LogP contribution is -2.35. The molecule has 0 aliphatic carbocycles. The summed E-state index contributed by atoms with van der Waals surface area (Å²) in [4.78, 5) is 11.3. The molecule has 2 atom stereocenters. The Morgan fingerprint density at radius 1 is 1.53 bits per heavy atom. The number of hydrogen-bond donors (Lipinski definition) is 1. The topological polar surface area (TPSA) is 46.5 Å². The molecular weight excluding hydrogens is 298 g/mol.